The van der Waals surface area contributed by atoms with E-state index in [1.54, 1.807) is 0 Å². The van der Waals surface area contributed by atoms with Crippen LogP contribution in [-0.2, 0) is 0 Å². The molecule has 1 unspecified atom stereocenters. The Labute approximate surface area is 112 Å². The number of ether oxygens (including phenoxy) is 2. The van der Waals surface area contributed by atoms with Gasteiger partial charge in [-0.05, 0) is 42.4 Å². The molecule has 2 aromatic carbocycles. The molecule has 2 aromatic rings. The Hall–Kier alpha value is -2.20. The number of hydrogen-bond donors (Lipinski definition) is 2. The molecule has 0 bridgehead atoms. The minimum atomic E-state index is 0.0815. The fraction of sp³-hybridized carbons (Fsp3) is 0.200. The first kappa shape index (κ1) is 11.9. The van der Waals surface area contributed by atoms with Crippen molar-refractivity contribution in [3.8, 4) is 11.5 Å². The number of nitrogens with one attached hydrogen (secondary N) is 1. The maximum Gasteiger partial charge on any atom is 0.231 e. The lowest BCUT2D eigenvalue weighted by atomic mass is 9.98. The SMILES string of the molecule is CNC(c1cccc(N)c1)c1ccc2c(c1)OCO2. The highest BCUT2D eigenvalue weighted by Gasteiger charge is 2.18. The molecule has 1 heterocycles. The summed E-state index contributed by atoms with van der Waals surface area (Å²) < 4.78 is 10.7. The van der Waals surface area contributed by atoms with Gasteiger partial charge in [0.05, 0.1) is 6.04 Å². The zero-order valence-corrected chi connectivity index (χ0v) is 10.7. The smallest absolute Gasteiger partial charge is 0.231 e. The van der Waals surface area contributed by atoms with Gasteiger partial charge in [0.1, 0.15) is 0 Å². The van der Waals surface area contributed by atoms with Crippen molar-refractivity contribution in [2.75, 3.05) is 19.6 Å². The molecule has 0 fully saturated rings. The van der Waals surface area contributed by atoms with Gasteiger partial charge in [-0.15, -0.1) is 0 Å². The van der Waals surface area contributed by atoms with Crippen LogP contribution >= 0.6 is 0 Å². The Kier molecular flexibility index (Phi) is 3.01. The van der Waals surface area contributed by atoms with Crippen molar-refractivity contribution in [3.63, 3.8) is 0 Å². The second-order valence-corrected chi connectivity index (χ2v) is 4.50. The quantitative estimate of drug-likeness (QED) is 0.827. The summed E-state index contributed by atoms with van der Waals surface area (Å²) >= 11 is 0. The Balaban J connectivity index is 1.98. The van der Waals surface area contributed by atoms with Gasteiger partial charge in [-0.3, -0.25) is 0 Å². The van der Waals surface area contributed by atoms with Crippen molar-refractivity contribution < 1.29 is 9.47 Å². The summed E-state index contributed by atoms with van der Waals surface area (Å²) in [5.41, 5.74) is 8.86. The van der Waals surface area contributed by atoms with Crippen LogP contribution in [-0.4, -0.2) is 13.8 Å². The summed E-state index contributed by atoms with van der Waals surface area (Å²) in [7, 11) is 1.93. The normalized spacial score (nSPS) is 14.4. The maximum absolute atomic E-state index is 5.85. The molecule has 0 radical (unpaired) electrons. The lowest BCUT2D eigenvalue weighted by Crippen LogP contribution is -2.17. The number of nitrogens with two attached hydrogens (primary N) is 1. The Bertz CT molecular complexity index is 598. The van der Waals surface area contributed by atoms with Gasteiger partial charge >= 0.3 is 0 Å². The molecule has 1 aliphatic heterocycles. The van der Waals surface area contributed by atoms with Crippen LogP contribution in [0, 0.1) is 0 Å². The molecule has 3 N–H and O–H groups in total. The highest BCUT2D eigenvalue weighted by molar-refractivity contribution is 5.49. The molecule has 0 amide bonds. The van der Waals surface area contributed by atoms with Crippen molar-refractivity contribution in [2.24, 2.45) is 0 Å². The molecule has 1 atom stereocenters. The van der Waals surface area contributed by atoms with E-state index in [-0.39, 0.29) is 6.04 Å². The summed E-state index contributed by atoms with van der Waals surface area (Å²) in [6.45, 7) is 0.293. The lowest BCUT2D eigenvalue weighted by Gasteiger charge is -2.18. The summed E-state index contributed by atoms with van der Waals surface area (Å²) in [5, 5.41) is 3.30. The monoisotopic (exact) mass is 256 g/mol. The maximum atomic E-state index is 5.85. The Morgan fingerprint density at radius 2 is 1.84 bits per heavy atom. The number of rotatable bonds is 3. The van der Waals surface area contributed by atoms with Crippen LogP contribution in [0.25, 0.3) is 0 Å². The van der Waals surface area contributed by atoms with E-state index in [4.69, 9.17) is 15.2 Å². The second kappa shape index (κ2) is 4.82. The largest absolute Gasteiger partial charge is 0.454 e. The van der Waals surface area contributed by atoms with E-state index < -0.39 is 0 Å². The first-order valence-corrected chi connectivity index (χ1v) is 6.20. The molecular formula is C15H16N2O2. The standard InChI is InChI=1S/C15H16N2O2/c1-17-15(10-3-2-4-12(16)7-10)11-5-6-13-14(8-11)19-9-18-13/h2-8,15,17H,9,16H2,1H3. The van der Waals surface area contributed by atoms with Gasteiger partial charge in [0, 0.05) is 5.69 Å². The average molecular weight is 256 g/mol. The third kappa shape index (κ3) is 2.22. The van der Waals surface area contributed by atoms with Crippen LogP contribution in [0.5, 0.6) is 11.5 Å². The number of hydrogen-bond acceptors (Lipinski definition) is 4. The van der Waals surface area contributed by atoms with Crippen LogP contribution < -0.4 is 20.5 Å². The van der Waals surface area contributed by atoms with Gasteiger partial charge in [0.2, 0.25) is 6.79 Å². The first-order chi connectivity index (χ1) is 9.28. The Morgan fingerprint density at radius 3 is 2.63 bits per heavy atom. The zero-order valence-electron chi connectivity index (χ0n) is 10.7. The van der Waals surface area contributed by atoms with E-state index in [0.717, 1.165) is 28.3 Å². The fourth-order valence-electron chi connectivity index (χ4n) is 2.36. The molecule has 1 aliphatic rings. The molecule has 98 valence electrons. The van der Waals surface area contributed by atoms with Crippen molar-refractivity contribution in [2.45, 2.75) is 6.04 Å². The lowest BCUT2D eigenvalue weighted by molar-refractivity contribution is 0.174. The van der Waals surface area contributed by atoms with E-state index in [0.29, 0.717) is 6.79 Å². The molecule has 3 rings (SSSR count). The second-order valence-electron chi connectivity index (χ2n) is 4.50. The van der Waals surface area contributed by atoms with Gasteiger partial charge in [0.15, 0.2) is 11.5 Å². The molecular weight excluding hydrogens is 240 g/mol. The highest BCUT2D eigenvalue weighted by Crippen LogP contribution is 2.35. The average Bonchev–Trinajstić information content (AvgIpc) is 2.87. The molecule has 0 aromatic heterocycles. The predicted molar refractivity (Wildman–Crippen MR) is 74.3 cm³/mol. The van der Waals surface area contributed by atoms with Gasteiger partial charge in [0.25, 0.3) is 0 Å². The fourth-order valence-corrected chi connectivity index (χ4v) is 2.36. The predicted octanol–water partition coefficient (Wildman–Crippen LogP) is 2.31. The van der Waals surface area contributed by atoms with Crippen LogP contribution in [0.4, 0.5) is 5.69 Å². The van der Waals surface area contributed by atoms with Gasteiger partial charge in [-0.2, -0.15) is 0 Å². The van der Waals surface area contributed by atoms with Crippen molar-refractivity contribution in [1.29, 1.82) is 0 Å². The topological polar surface area (TPSA) is 56.5 Å². The van der Waals surface area contributed by atoms with Gasteiger partial charge < -0.3 is 20.5 Å². The first-order valence-electron chi connectivity index (χ1n) is 6.20. The van der Waals surface area contributed by atoms with E-state index in [1.165, 1.54) is 0 Å². The summed E-state index contributed by atoms with van der Waals surface area (Å²) in [6.07, 6.45) is 0. The minimum Gasteiger partial charge on any atom is -0.454 e. The van der Waals surface area contributed by atoms with Crippen LogP contribution in [0.2, 0.25) is 0 Å². The molecule has 0 saturated heterocycles. The summed E-state index contributed by atoms with van der Waals surface area (Å²) in [5.74, 6) is 1.59. The van der Waals surface area contributed by atoms with E-state index in [2.05, 4.69) is 11.4 Å². The van der Waals surface area contributed by atoms with Crippen LogP contribution in [0.3, 0.4) is 0 Å². The van der Waals surface area contributed by atoms with Crippen molar-refractivity contribution >= 4 is 5.69 Å². The number of anilines is 1. The Morgan fingerprint density at radius 1 is 1.05 bits per heavy atom. The molecule has 0 spiro atoms. The van der Waals surface area contributed by atoms with Crippen molar-refractivity contribution in [3.05, 3.63) is 53.6 Å². The molecule has 4 nitrogen and oxygen atoms in total. The van der Waals surface area contributed by atoms with Crippen molar-refractivity contribution in [1.82, 2.24) is 5.32 Å². The molecule has 0 aliphatic carbocycles. The number of nitrogen functional groups attached to an aromatic ring is 1. The van der Waals surface area contributed by atoms with Crippen LogP contribution in [0.15, 0.2) is 42.5 Å². The van der Waals surface area contributed by atoms with Crippen LogP contribution in [0.1, 0.15) is 17.2 Å². The molecule has 19 heavy (non-hydrogen) atoms. The van der Waals surface area contributed by atoms with Gasteiger partial charge in [-0.25, -0.2) is 0 Å². The third-order valence-electron chi connectivity index (χ3n) is 3.26. The molecule has 4 heteroatoms. The summed E-state index contributed by atoms with van der Waals surface area (Å²) in [4.78, 5) is 0. The zero-order chi connectivity index (χ0) is 13.2. The van der Waals surface area contributed by atoms with E-state index in [1.807, 2.05) is 43.4 Å². The van der Waals surface area contributed by atoms with E-state index >= 15 is 0 Å². The molecule has 0 saturated carbocycles. The third-order valence-corrected chi connectivity index (χ3v) is 3.26. The van der Waals surface area contributed by atoms with E-state index in [9.17, 15) is 0 Å². The minimum absolute atomic E-state index is 0.0815. The number of fused-ring (bicyclic) bond motifs is 1. The van der Waals surface area contributed by atoms with Gasteiger partial charge in [-0.1, -0.05) is 18.2 Å². The highest BCUT2D eigenvalue weighted by atomic mass is 16.7. The number of benzene rings is 2. The summed E-state index contributed by atoms with van der Waals surface area (Å²) in [6, 6.07) is 13.9.